The molecular weight excluding hydrogens is 991 g/mol. The van der Waals surface area contributed by atoms with Crippen molar-refractivity contribution in [2.45, 2.75) is 0 Å². The molecular formula is C63H45IrN3. The van der Waals surface area contributed by atoms with Crippen LogP contribution in [0.5, 0.6) is 0 Å². The van der Waals surface area contributed by atoms with Gasteiger partial charge in [0.2, 0.25) is 0 Å². The maximum atomic E-state index is 4.27. The Morgan fingerprint density at radius 1 is 0.194 bits per heavy atom. The molecule has 0 bridgehead atoms. The third-order valence-electron chi connectivity index (χ3n) is 11.9. The summed E-state index contributed by atoms with van der Waals surface area (Å²) >= 11 is 0. The maximum Gasteiger partial charge on any atom is 0.0346 e. The first kappa shape index (κ1) is 44.1. The number of nitrogens with zero attached hydrogens (tertiary/aromatic N) is 3. The van der Waals surface area contributed by atoms with Crippen molar-refractivity contribution >= 4 is 32.3 Å². The number of aromatic nitrogens is 3. The van der Waals surface area contributed by atoms with Gasteiger partial charge >= 0.3 is 0 Å². The predicted octanol–water partition coefficient (Wildman–Crippen LogP) is 16.7. The molecule has 67 heavy (non-hydrogen) atoms. The van der Waals surface area contributed by atoms with E-state index in [-0.39, 0.29) is 20.1 Å². The average Bonchev–Trinajstić information content (AvgIpc) is 3.41. The Labute approximate surface area is 405 Å². The van der Waals surface area contributed by atoms with E-state index in [0.29, 0.717) is 0 Å². The van der Waals surface area contributed by atoms with Crippen molar-refractivity contribution in [3.8, 4) is 66.8 Å². The van der Waals surface area contributed by atoms with Crippen LogP contribution in [0.4, 0.5) is 0 Å². The maximum absolute atomic E-state index is 4.27. The van der Waals surface area contributed by atoms with E-state index in [2.05, 4.69) is 233 Å². The number of hydrogen-bond acceptors (Lipinski definition) is 3. The molecule has 1 radical (unpaired) electrons. The molecule has 12 aromatic rings. The minimum Gasteiger partial charge on any atom is -0.264 e. The average molecular weight is 1040 g/mol. The van der Waals surface area contributed by atoms with Crippen molar-refractivity contribution in [1.29, 1.82) is 0 Å². The second-order valence-corrected chi connectivity index (χ2v) is 16.0. The predicted molar refractivity (Wildman–Crippen MR) is 278 cm³/mol. The van der Waals surface area contributed by atoms with Gasteiger partial charge in [0.1, 0.15) is 0 Å². The van der Waals surface area contributed by atoms with E-state index in [1.165, 1.54) is 82.4 Å². The summed E-state index contributed by atoms with van der Waals surface area (Å²) in [4.78, 5) is 12.8. The molecule has 0 atom stereocenters. The van der Waals surface area contributed by atoms with E-state index in [0.717, 1.165) is 16.7 Å². The van der Waals surface area contributed by atoms with Crippen LogP contribution in [0.2, 0.25) is 0 Å². The fraction of sp³-hybridized carbons (Fsp3) is 0. The summed E-state index contributed by atoms with van der Waals surface area (Å²) in [6.45, 7) is 0. The monoisotopic (exact) mass is 1040 g/mol. The van der Waals surface area contributed by atoms with Crippen LogP contribution >= 0.6 is 0 Å². The summed E-state index contributed by atoms with van der Waals surface area (Å²) in [5.74, 6) is 0. The summed E-state index contributed by atoms with van der Waals surface area (Å²) in [5.41, 5.74) is 14.6. The Bertz CT molecular complexity index is 2900. The Kier molecular flexibility index (Phi) is 14.0. The zero-order valence-electron chi connectivity index (χ0n) is 36.7. The summed E-state index contributed by atoms with van der Waals surface area (Å²) in [5, 5.41) is 7.60. The molecule has 0 aliphatic rings. The number of fused-ring (bicyclic) bond motifs is 3. The quantitative estimate of drug-likeness (QED) is 0.167. The standard InChI is InChI=1S/3C21H15N.Ir/c3*1-2-7-16(8-3-1)19-12-4-9-17-10-5-13-20(21(17)19)18-11-6-14-22-15-18;/h3*1-15H;. The van der Waals surface area contributed by atoms with Gasteiger partial charge in [0.15, 0.2) is 0 Å². The fourth-order valence-electron chi connectivity index (χ4n) is 8.89. The Hall–Kier alpha value is -8.14. The fourth-order valence-corrected chi connectivity index (χ4v) is 8.89. The van der Waals surface area contributed by atoms with E-state index in [4.69, 9.17) is 0 Å². The van der Waals surface area contributed by atoms with E-state index >= 15 is 0 Å². The molecule has 9 aromatic carbocycles. The summed E-state index contributed by atoms with van der Waals surface area (Å²) < 4.78 is 0. The molecule has 0 aliphatic heterocycles. The molecule has 4 heteroatoms. The smallest absolute Gasteiger partial charge is 0.0346 e. The minimum atomic E-state index is 0. The minimum absolute atomic E-state index is 0. The van der Waals surface area contributed by atoms with Gasteiger partial charge in [-0.05, 0) is 101 Å². The van der Waals surface area contributed by atoms with E-state index < -0.39 is 0 Å². The van der Waals surface area contributed by atoms with Gasteiger partial charge in [0.05, 0.1) is 0 Å². The van der Waals surface area contributed by atoms with Crippen molar-refractivity contribution in [2.75, 3.05) is 0 Å². The second kappa shape index (κ2) is 21.2. The topological polar surface area (TPSA) is 38.7 Å². The molecule has 0 amide bonds. The molecule has 0 spiro atoms. The Balaban J connectivity index is 0.000000125. The first-order valence-electron chi connectivity index (χ1n) is 22.2. The van der Waals surface area contributed by atoms with E-state index in [9.17, 15) is 0 Å². The number of pyridine rings is 3. The van der Waals surface area contributed by atoms with Gasteiger partial charge in [-0.2, -0.15) is 0 Å². The van der Waals surface area contributed by atoms with Gasteiger partial charge in [-0.15, -0.1) is 0 Å². The molecule has 0 saturated carbocycles. The molecule has 3 heterocycles. The number of hydrogen-bond donors (Lipinski definition) is 0. The van der Waals surface area contributed by atoms with Crippen LogP contribution in [0.25, 0.3) is 99.1 Å². The molecule has 0 aliphatic carbocycles. The van der Waals surface area contributed by atoms with Crippen LogP contribution in [0, 0.1) is 0 Å². The molecule has 12 rings (SSSR count). The zero-order valence-corrected chi connectivity index (χ0v) is 39.1. The molecule has 0 N–H and O–H groups in total. The summed E-state index contributed by atoms with van der Waals surface area (Å²) in [7, 11) is 0. The van der Waals surface area contributed by atoms with Gasteiger partial charge in [0.25, 0.3) is 0 Å². The normalized spacial score (nSPS) is 10.6. The van der Waals surface area contributed by atoms with Crippen molar-refractivity contribution < 1.29 is 20.1 Å². The zero-order chi connectivity index (χ0) is 44.3. The van der Waals surface area contributed by atoms with E-state index in [1.54, 1.807) is 0 Å². The van der Waals surface area contributed by atoms with Crippen molar-refractivity contribution in [3.05, 3.63) is 274 Å². The van der Waals surface area contributed by atoms with Gasteiger partial charge in [0, 0.05) is 74.0 Å². The van der Waals surface area contributed by atoms with Crippen molar-refractivity contribution in [3.63, 3.8) is 0 Å². The first-order chi connectivity index (χ1) is 32.8. The van der Waals surface area contributed by atoms with Crippen molar-refractivity contribution in [2.24, 2.45) is 0 Å². The van der Waals surface area contributed by atoms with Crippen LogP contribution in [-0.4, -0.2) is 15.0 Å². The summed E-state index contributed by atoms with van der Waals surface area (Å²) in [6, 6.07) is 82.7. The van der Waals surface area contributed by atoms with Gasteiger partial charge in [-0.3, -0.25) is 15.0 Å². The molecule has 3 nitrogen and oxygen atoms in total. The van der Waals surface area contributed by atoms with Gasteiger partial charge in [-0.1, -0.05) is 218 Å². The van der Waals surface area contributed by atoms with E-state index in [1.807, 2.05) is 55.4 Å². The number of rotatable bonds is 6. The summed E-state index contributed by atoms with van der Waals surface area (Å²) in [6.07, 6.45) is 11.2. The largest absolute Gasteiger partial charge is 0.264 e. The SMILES string of the molecule is [Ir].c1ccc(-c2cccc3cccc(-c4cccnc4)c23)cc1.c1ccc(-c2cccc3cccc(-c4cccnc4)c23)cc1.c1ccc(-c2cccc3cccc(-c4cccnc4)c23)cc1. The van der Waals surface area contributed by atoms with Crippen LogP contribution in [0.3, 0.4) is 0 Å². The first-order valence-corrected chi connectivity index (χ1v) is 22.2. The molecule has 0 saturated heterocycles. The molecule has 0 unspecified atom stereocenters. The van der Waals surface area contributed by atoms with Crippen molar-refractivity contribution in [1.82, 2.24) is 15.0 Å². The van der Waals surface area contributed by atoms with Crippen LogP contribution in [-0.2, 0) is 20.1 Å². The molecule has 321 valence electrons. The third-order valence-corrected chi connectivity index (χ3v) is 11.9. The third kappa shape index (κ3) is 9.78. The van der Waals surface area contributed by atoms with Crippen LogP contribution in [0.15, 0.2) is 274 Å². The number of benzene rings is 9. The Morgan fingerprint density at radius 3 is 0.642 bits per heavy atom. The molecule has 0 fully saturated rings. The second-order valence-electron chi connectivity index (χ2n) is 16.0. The molecule has 3 aromatic heterocycles. The van der Waals surface area contributed by atoms with Gasteiger partial charge in [-0.25, -0.2) is 0 Å². The van der Waals surface area contributed by atoms with Crippen LogP contribution < -0.4 is 0 Å². The van der Waals surface area contributed by atoms with Crippen LogP contribution in [0.1, 0.15) is 0 Å². The van der Waals surface area contributed by atoms with Gasteiger partial charge < -0.3 is 0 Å². The Morgan fingerprint density at radius 2 is 0.418 bits per heavy atom.